The second kappa shape index (κ2) is 4.79. The zero-order valence-corrected chi connectivity index (χ0v) is 8.13. The average Bonchev–Trinajstić information content (AvgIpc) is 2.02. The molecule has 0 spiro atoms. The molecule has 1 rings (SSSR count). The van der Waals surface area contributed by atoms with Gasteiger partial charge in [-0.1, -0.05) is 19.3 Å². The van der Waals surface area contributed by atoms with Crippen molar-refractivity contribution in [3.8, 4) is 0 Å². The molecule has 1 aliphatic rings. The monoisotopic (exact) mass is 206 g/mol. The lowest BCUT2D eigenvalue weighted by atomic mass is 9.80. The highest BCUT2D eigenvalue weighted by molar-refractivity contribution is 6.13. The predicted molar refractivity (Wildman–Crippen MR) is 49.9 cm³/mol. The van der Waals surface area contributed by atoms with Crippen LogP contribution in [0.2, 0.25) is 0 Å². The Bertz CT molecular complexity index is 185. The zero-order valence-electron chi connectivity index (χ0n) is 7.37. The third-order valence-electron chi connectivity index (χ3n) is 2.62. The lowest BCUT2D eigenvalue weighted by Gasteiger charge is -2.30. The van der Waals surface area contributed by atoms with Gasteiger partial charge in [-0.3, -0.25) is 4.79 Å². The number of hydrogen-bond donors (Lipinski definition) is 3. The van der Waals surface area contributed by atoms with Crippen molar-refractivity contribution in [3.05, 3.63) is 0 Å². The van der Waals surface area contributed by atoms with E-state index in [1.54, 1.807) is 0 Å². The van der Waals surface area contributed by atoms with E-state index in [4.69, 9.17) is 17.5 Å². The molecule has 0 radical (unpaired) electrons. The Morgan fingerprint density at radius 1 is 1.69 bits per heavy atom. The topological polar surface area (TPSA) is 75.4 Å². The Morgan fingerprint density at radius 2 is 2.31 bits per heavy atom. The summed E-state index contributed by atoms with van der Waals surface area (Å²) < 4.78 is 0. The van der Waals surface area contributed by atoms with Gasteiger partial charge >= 0.3 is 0 Å². The number of amides is 1. The lowest BCUT2D eigenvalue weighted by molar-refractivity contribution is -0.127. The molecule has 13 heavy (non-hydrogen) atoms. The van der Waals surface area contributed by atoms with Gasteiger partial charge in [-0.05, 0) is 24.1 Å². The van der Waals surface area contributed by atoms with Crippen LogP contribution in [0.1, 0.15) is 25.7 Å². The largest absolute Gasteiger partial charge is 0.382 e. The van der Waals surface area contributed by atoms with Gasteiger partial charge in [0.2, 0.25) is 5.91 Å². The van der Waals surface area contributed by atoms with Crippen LogP contribution in [0.5, 0.6) is 0 Å². The maximum atomic E-state index is 10.7. The van der Waals surface area contributed by atoms with E-state index < -0.39 is 18.1 Å². The third-order valence-corrected chi connectivity index (χ3v) is 2.91. The highest BCUT2D eigenvalue weighted by Crippen LogP contribution is 2.31. The molecule has 76 valence electrons. The number of rotatable bonds is 5. The number of aliphatic hydroxyl groups is 1. The van der Waals surface area contributed by atoms with E-state index in [9.17, 15) is 9.90 Å². The van der Waals surface area contributed by atoms with Crippen molar-refractivity contribution in [3.63, 3.8) is 0 Å². The van der Waals surface area contributed by atoms with Crippen LogP contribution in [-0.2, 0) is 4.79 Å². The summed E-state index contributed by atoms with van der Waals surface area (Å²) in [7, 11) is 0. The number of halogens is 1. The first-order valence-electron chi connectivity index (χ1n) is 4.48. The molecule has 2 atom stereocenters. The molecule has 4 N–H and O–H groups in total. The second-order valence-electron chi connectivity index (χ2n) is 3.60. The van der Waals surface area contributed by atoms with Gasteiger partial charge in [0.05, 0.1) is 6.04 Å². The molecular weight excluding hydrogens is 192 g/mol. The molecular formula is C8H15ClN2O2. The standard InChI is InChI=1S/C8H15ClN2O2/c9-11-6(7(12)8(10)13)4-5-2-1-3-5/h5-7,11-12H,1-4H2,(H2,10,13). The summed E-state index contributed by atoms with van der Waals surface area (Å²) in [4.78, 5) is 13.1. The lowest BCUT2D eigenvalue weighted by Crippen LogP contribution is -2.45. The predicted octanol–water partition coefficient (Wildman–Crippen LogP) is 0.135. The zero-order chi connectivity index (χ0) is 9.84. The number of nitrogens with one attached hydrogen (secondary N) is 1. The summed E-state index contributed by atoms with van der Waals surface area (Å²) in [5.41, 5.74) is 4.96. The molecule has 5 heteroatoms. The SMILES string of the molecule is NC(=O)C(O)C(CC1CCC1)NCl. The molecule has 0 aromatic carbocycles. The molecule has 2 unspecified atom stereocenters. The van der Waals surface area contributed by atoms with Gasteiger partial charge in [0.1, 0.15) is 6.10 Å². The van der Waals surface area contributed by atoms with E-state index in [1.807, 2.05) is 0 Å². The number of carbonyl (C=O) groups is 1. The maximum absolute atomic E-state index is 10.7. The van der Waals surface area contributed by atoms with Crippen LogP contribution < -0.4 is 10.6 Å². The van der Waals surface area contributed by atoms with Crippen molar-refractivity contribution in [1.82, 2.24) is 4.84 Å². The van der Waals surface area contributed by atoms with E-state index in [0.29, 0.717) is 12.3 Å². The van der Waals surface area contributed by atoms with Crippen molar-refractivity contribution in [2.75, 3.05) is 0 Å². The van der Waals surface area contributed by atoms with E-state index >= 15 is 0 Å². The van der Waals surface area contributed by atoms with Gasteiger partial charge in [-0.15, -0.1) is 0 Å². The summed E-state index contributed by atoms with van der Waals surface area (Å²) in [6.07, 6.45) is 3.07. The Labute approximate surface area is 82.5 Å². The normalized spacial score (nSPS) is 22.0. The van der Waals surface area contributed by atoms with Gasteiger partial charge in [0.25, 0.3) is 0 Å². The Hall–Kier alpha value is -0.320. The van der Waals surface area contributed by atoms with Crippen molar-refractivity contribution in [1.29, 1.82) is 0 Å². The molecule has 1 fully saturated rings. The van der Waals surface area contributed by atoms with Gasteiger partial charge < -0.3 is 10.8 Å². The fraction of sp³-hybridized carbons (Fsp3) is 0.875. The highest BCUT2D eigenvalue weighted by atomic mass is 35.5. The fourth-order valence-electron chi connectivity index (χ4n) is 1.52. The van der Waals surface area contributed by atoms with Crippen molar-refractivity contribution in [2.24, 2.45) is 11.7 Å². The van der Waals surface area contributed by atoms with Crippen LogP contribution in [0, 0.1) is 5.92 Å². The molecule has 1 saturated carbocycles. The van der Waals surface area contributed by atoms with Crippen LogP contribution in [0.15, 0.2) is 0 Å². The Kier molecular flexibility index (Phi) is 3.96. The number of nitrogens with two attached hydrogens (primary N) is 1. The minimum atomic E-state index is -1.18. The average molecular weight is 207 g/mol. The van der Waals surface area contributed by atoms with Crippen LogP contribution in [-0.4, -0.2) is 23.2 Å². The van der Waals surface area contributed by atoms with E-state index in [1.165, 1.54) is 6.42 Å². The van der Waals surface area contributed by atoms with Crippen LogP contribution in [0.25, 0.3) is 0 Å². The molecule has 0 heterocycles. The number of aliphatic hydroxyl groups excluding tert-OH is 1. The smallest absolute Gasteiger partial charge is 0.247 e. The van der Waals surface area contributed by atoms with Gasteiger partial charge in [-0.25, -0.2) is 4.84 Å². The summed E-state index contributed by atoms with van der Waals surface area (Å²) in [6.45, 7) is 0. The minimum Gasteiger partial charge on any atom is -0.382 e. The molecule has 0 bridgehead atoms. The van der Waals surface area contributed by atoms with Crippen molar-refractivity contribution >= 4 is 17.7 Å². The number of primary amides is 1. The first kappa shape index (κ1) is 10.8. The van der Waals surface area contributed by atoms with Crippen LogP contribution in [0.3, 0.4) is 0 Å². The quantitative estimate of drug-likeness (QED) is 0.560. The highest BCUT2D eigenvalue weighted by Gasteiger charge is 2.28. The molecule has 0 aromatic heterocycles. The second-order valence-corrected chi connectivity index (χ2v) is 3.81. The van der Waals surface area contributed by atoms with Crippen molar-refractivity contribution in [2.45, 2.75) is 37.8 Å². The molecule has 0 aromatic rings. The van der Waals surface area contributed by atoms with Crippen LogP contribution in [0.4, 0.5) is 0 Å². The van der Waals surface area contributed by atoms with Gasteiger partial charge in [0.15, 0.2) is 0 Å². The Morgan fingerprint density at radius 3 is 2.62 bits per heavy atom. The third kappa shape index (κ3) is 2.83. The number of carbonyl (C=O) groups excluding carboxylic acids is 1. The molecule has 1 aliphatic carbocycles. The molecule has 0 saturated heterocycles. The Balaban J connectivity index is 2.36. The summed E-state index contributed by atoms with van der Waals surface area (Å²) in [5.74, 6) is -0.150. The molecule has 0 aliphatic heterocycles. The minimum absolute atomic E-state index is 0.413. The maximum Gasteiger partial charge on any atom is 0.247 e. The van der Waals surface area contributed by atoms with Crippen LogP contribution >= 0.6 is 11.8 Å². The van der Waals surface area contributed by atoms with Crippen molar-refractivity contribution < 1.29 is 9.90 Å². The van der Waals surface area contributed by atoms with E-state index in [2.05, 4.69) is 4.84 Å². The summed E-state index contributed by atoms with van der Waals surface area (Å²) in [6, 6.07) is -0.413. The fourth-order valence-corrected chi connectivity index (χ4v) is 1.73. The molecule has 1 amide bonds. The first-order chi connectivity index (χ1) is 6.15. The van der Waals surface area contributed by atoms with E-state index in [-0.39, 0.29) is 0 Å². The van der Waals surface area contributed by atoms with Gasteiger partial charge in [-0.2, -0.15) is 0 Å². The van der Waals surface area contributed by atoms with Gasteiger partial charge in [0, 0.05) is 0 Å². The van der Waals surface area contributed by atoms with E-state index in [0.717, 1.165) is 12.8 Å². The summed E-state index contributed by atoms with van der Waals surface area (Å²) >= 11 is 5.41. The molecule has 4 nitrogen and oxygen atoms in total. The summed E-state index contributed by atoms with van der Waals surface area (Å²) in [5, 5.41) is 9.33. The number of hydrogen-bond acceptors (Lipinski definition) is 3. The first-order valence-corrected chi connectivity index (χ1v) is 4.86.